The molecule has 0 aromatic heterocycles. The molecule has 1 saturated heterocycles. The van der Waals surface area contributed by atoms with Crippen LogP contribution in [0, 0.1) is 28.1 Å². The van der Waals surface area contributed by atoms with Gasteiger partial charge in [0.1, 0.15) is 0 Å². The predicted molar refractivity (Wildman–Crippen MR) is 70.0 cm³/mol. The minimum absolute atomic E-state index is 0.154. The lowest BCUT2D eigenvalue weighted by Gasteiger charge is -2.36. The van der Waals surface area contributed by atoms with Crippen LogP contribution < -0.4 is 0 Å². The Morgan fingerprint density at radius 1 is 1.37 bits per heavy atom. The Labute approximate surface area is 112 Å². The number of carbonyl (C=O) groups excluding carboxylic acids is 1. The van der Waals surface area contributed by atoms with Gasteiger partial charge in [-0.3, -0.25) is 4.79 Å². The third kappa shape index (κ3) is 2.58. The summed E-state index contributed by atoms with van der Waals surface area (Å²) in [7, 11) is 0. The van der Waals surface area contributed by atoms with E-state index in [2.05, 4.69) is 6.07 Å². The number of carbonyl (C=O) groups is 1. The molecule has 4 heteroatoms. The van der Waals surface area contributed by atoms with Gasteiger partial charge in [0, 0.05) is 13.1 Å². The van der Waals surface area contributed by atoms with E-state index in [0.717, 1.165) is 12.8 Å². The minimum Gasteiger partial charge on any atom is -0.337 e. The van der Waals surface area contributed by atoms with Crippen molar-refractivity contribution in [1.29, 1.82) is 10.5 Å². The number of rotatable bonds is 1. The molecule has 0 saturated carbocycles. The van der Waals surface area contributed by atoms with E-state index in [-0.39, 0.29) is 5.91 Å². The fourth-order valence-electron chi connectivity index (χ4n) is 2.44. The Balaban J connectivity index is 2.26. The molecule has 0 aliphatic carbocycles. The summed E-state index contributed by atoms with van der Waals surface area (Å²) in [6, 6.07) is 11.1. The van der Waals surface area contributed by atoms with Crippen LogP contribution in [0.25, 0.3) is 0 Å². The number of hydrogen-bond donors (Lipinski definition) is 0. The Morgan fingerprint density at radius 2 is 2.11 bits per heavy atom. The van der Waals surface area contributed by atoms with Gasteiger partial charge in [-0.2, -0.15) is 10.5 Å². The van der Waals surface area contributed by atoms with Gasteiger partial charge in [0.2, 0.25) is 0 Å². The van der Waals surface area contributed by atoms with Crippen LogP contribution in [0.3, 0.4) is 0 Å². The van der Waals surface area contributed by atoms with Crippen molar-refractivity contribution in [3.63, 3.8) is 0 Å². The highest BCUT2D eigenvalue weighted by atomic mass is 16.2. The molecule has 1 aromatic carbocycles. The predicted octanol–water partition coefficient (Wildman–Crippen LogP) is 2.32. The largest absolute Gasteiger partial charge is 0.337 e. The summed E-state index contributed by atoms with van der Waals surface area (Å²) in [6.45, 7) is 2.96. The van der Waals surface area contributed by atoms with Gasteiger partial charge in [0.25, 0.3) is 5.91 Å². The van der Waals surface area contributed by atoms with E-state index in [0.29, 0.717) is 24.2 Å². The first kappa shape index (κ1) is 13.1. The fraction of sp³-hybridized carbons (Fsp3) is 0.400. The van der Waals surface area contributed by atoms with Gasteiger partial charge in [-0.05, 0) is 31.9 Å². The normalized spacial score (nSPS) is 22.4. The Hall–Kier alpha value is -2.33. The second-order valence-corrected chi connectivity index (χ2v) is 5.16. The highest BCUT2D eigenvalue weighted by Gasteiger charge is 2.33. The first-order chi connectivity index (χ1) is 9.09. The van der Waals surface area contributed by atoms with E-state index in [9.17, 15) is 10.1 Å². The number of nitriles is 2. The highest BCUT2D eigenvalue weighted by molar-refractivity contribution is 5.96. The van der Waals surface area contributed by atoms with Gasteiger partial charge in [-0.25, -0.2) is 0 Å². The van der Waals surface area contributed by atoms with E-state index < -0.39 is 5.41 Å². The van der Waals surface area contributed by atoms with Crippen molar-refractivity contribution in [2.75, 3.05) is 13.1 Å². The summed E-state index contributed by atoms with van der Waals surface area (Å²) in [5.41, 5.74) is 0.332. The molecule has 2 rings (SSSR count). The van der Waals surface area contributed by atoms with Crippen molar-refractivity contribution in [1.82, 2.24) is 4.90 Å². The maximum Gasteiger partial charge on any atom is 0.255 e. The Morgan fingerprint density at radius 3 is 2.79 bits per heavy atom. The summed E-state index contributed by atoms with van der Waals surface area (Å²) in [6.07, 6.45) is 1.64. The zero-order valence-electron chi connectivity index (χ0n) is 10.9. The molecule has 0 spiro atoms. The molecule has 1 aromatic rings. The maximum atomic E-state index is 12.4. The lowest BCUT2D eigenvalue weighted by atomic mass is 9.83. The number of amides is 1. The van der Waals surface area contributed by atoms with E-state index >= 15 is 0 Å². The number of nitrogens with zero attached hydrogens (tertiary/aromatic N) is 3. The van der Waals surface area contributed by atoms with E-state index in [1.54, 1.807) is 29.2 Å². The van der Waals surface area contributed by atoms with Crippen molar-refractivity contribution >= 4 is 5.91 Å². The van der Waals surface area contributed by atoms with Crippen molar-refractivity contribution < 1.29 is 4.79 Å². The van der Waals surface area contributed by atoms with Gasteiger partial charge in [0.15, 0.2) is 0 Å². The molecular formula is C15H15N3O. The van der Waals surface area contributed by atoms with E-state index in [1.165, 1.54) is 0 Å². The third-order valence-electron chi connectivity index (χ3n) is 3.53. The second-order valence-electron chi connectivity index (χ2n) is 5.16. The number of hydrogen-bond acceptors (Lipinski definition) is 3. The summed E-state index contributed by atoms with van der Waals surface area (Å²) >= 11 is 0. The van der Waals surface area contributed by atoms with Crippen molar-refractivity contribution in [3.8, 4) is 12.1 Å². The smallest absolute Gasteiger partial charge is 0.255 e. The van der Waals surface area contributed by atoms with Crippen LogP contribution in [0.1, 0.15) is 35.7 Å². The van der Waals surface area contributed by atoms with Crippen LogP contribution in [0.2, 0.25) is 0 Å². The van der Waals surface area contributed by atoms with Crippen LogP contribution >= 0.6 is 0 Å². The van der Waals surface area contributed by atoms with Crippen LogP contribution in [0.4, 0.5) is 0 Å². The molecule has 1 heterocycles. The first-order valence-electron chi connectivity index (χ1n) is 6.29. The van der Waals surface area contributed by atoms with Gasteiger partial charge in [-0.15, -0.1) is 0 Å². The topological polar surface area (TPSA) is 67.9 Å². The van der Waals surface area contributed by atoms with E-state index in [4.69, 9.17) is 5.26 Å². The number of piperidine rings is 1. The summed E-state index contributed by atoms with van der Waals surface area (Å²) in [5, 5.41) is 18.2. The minimum atomic E-state index is -0.477. The fourth-order valence-corrected chi connectivity index (χ4v) is 2.44. The Kier molecular flexibility index (Phi) is 3.53. The average molecular weight is 253 g/mol. The summed E-state index contributed by atoms with van der Waals surface area (Å²) < 4.78 is 0. The summed E-state index contributed by atoms with van der Waals surface area (Å²) in [5.74, 6) is -0.154. The van der Waals surface area contributed by atoms with Crippen molar-refractivity contribution in [3.05, 3.63) is 35.4 Å². The molecule has 0 bridgehead atoms. The van der Waals surface area contributed by atoms with Crippen molar-refractivity contribution in [2.45, 2.75) is 19.8 Å². The summed E-state index contributed by atoms with van der Waals surface area (Å²) in [4.78, 5) is 14.1. The molecule has 0 radical (unpaired) electrons. The molecule has 1 atom stereocenters. The number of benzene rings is 1. The van der Waals surface area contributed by atoms with Gasteiger partial charge in [-0.1, -0.05) is 12.1 Å². The molecule has 1 aliphatic heterocycles. The zero-order valence-corrected chi connectivity index (χ0v) is 10.9. The molecule has 96 valence electrons. The number of likely N-dealkylation sites (tertiary alicyclic amines) is 1. The monoisotopic (exact) mass is 253 g/mol. The molecule has 1 fully saturated rings. The van der Waals surface area contributed by atoms with Gasteiger partial charge >= 0.3 is 0 Å². The standard InChI is InChI=1S/C15H15N3O/c1-15(10-17)7-4-8-18(11-15)14(19)13-6-3-2-5-12(13)9-16/h2-3,5-6H,4,7-8,11H2,1H3/t15-/m1/s1. The van der Waals surface area contributed by atoms with Gasteiger partial charge < -0.3 is 4.90 Å². The molecule has 0 N–H and O–H groups in total. The average Bonchev–Trinajstić information content (AvgIpc) is 2.46. The first-order valence-corrected chi connectivity index (χ1v) is 6.29. The highest BCUT2D eigenvalue weighted by Crippen LogP contribution is 2.29. The van der Waals surface area contributed by atoms with Crippen LogP contribution in [-0.4, -0.2) is 23.9 Å². The zero-order chi connectivity index (χ0) is 13.9. The molecule has 1 aliphatic rings. The molecule has 19 heavy (non-hydrogen) atoms. The quantitative estimate of drug-likeness (QED) is 0.771. The van der Waals surface area contributed by atoms with Gasteiger partial charge in [0.05, 0.1) is 28.7 Å². The molecular weight excluding hydrogens is 238 g/mol. The maximum absolute atomic E-state index is 12.4. The lowest BCUT2D eigenvalue weighted by Crippen LogP contribution is -2.44. The molecule has 4 nitrogen and oxygen atoms in total. The van der Waals surface area contributed by atoms with Crippen LogP contribution in [-0.2, 0) is 0 Å². The SMILES string of the molecule is C[C@]1(C#N)CCCN(C(=O)c2ccccc2C#N)C1. The van der Waals surface area contributed by atoms with Crippen LogP contribution in [0.15, 0.2) is 24.3 Å². The molecule has 1 amide bonds. The van der Waals surface area contributed by atoms with E-state index in [1.807, 2.05) is 13.0 Å². The third-order valence-corrected chi connectivity index (χ3v) is 3.53. The lowest BCUT2D eigenvalue weighted by molar-refractivity contribution is 0.0629. The van der Waals surface area contributed by atoms with Crippen molar-refractivity contribution in [2.24, 2.45) is 5.41 Å². The molecule has 0 unspecified atom stereocenters. The van der Waals surface area contributed by atoms with Crippen LogP contribution in [0.5, 0.6) is 0 Å². The Bertz CT molecular complexity index is 582. The second kappa shape index (κ2) is 5.12.